The van der Waals surface area contributed by atoms with Crippen LogP contribution in [0.4, 0.5) is 0 Å². The molecule has 0 saturated carbocycles. The first-order valence-corrected chi connectivity index (χ1v) is 3.51. The summed E-state index contributed by atoms with van der Waals surface area (Å²) in [5, 5.41) is 17.3. The fourth-order valence-electron chi connectivity index (χ4n) is 0.804. The maximum Gasteiger partial charge on any atom is 0.332 e. The highest BCUT2D eigenvalue weighted by Crippen LogP contribution is 1.98. The molecule has 0 fully saturated rings. The molecule has 0 aliphatic heterocycles. The van der Waals surface area contributed by atoms with Gasteiger partial charge in [0.05, 0.1) is 0 Å². The second-order valence-electron chi connectivity index (χ2n) is 2.38. The van der Waals surface area contributed by atoms with Crippen molar-refractivity contribution in [2.45, 2.75) is 12.5 Å². The molecule has 0 radical (unpaired) electrons. The van der Waals surface area contributed by atoms with E-state index in [2.05, 4.69) is 4.98 Å². The molecule has 0 aliphatic carbocycles. The third-order valence-electron chi connectivity index (χ3n) is 1.41. The van der Waals surface area contributed by atoms with E-state index in [9.17, 15) is 4.79 Å². The SMILES string of the molecule is O=C(O)[C@H](O)Cc1ccccn1. The summed E-state index contributed by atoms with van der Waals surface area (Å²) in [5.74, 6) is -1.22. The summed E-state index contributed by atoms with van der Waals surface area (Å²) in [7, 11) is 0. The zero-order chi connectivity index (χ0) is 8.97. The topological polar surface area (TPSA) is 70.4 Å². The van der Waals surface area contributed by atoms with Crippen LogP contribution in [-0.4, -0.2) is 27.3 Å². The Labute approximate surface area is 69.5 Å². The number of carboxylic acid groups (broad SMARTS) is 1. The third-order valence-corrected chi connectivity index (χ3v) is 1.41. The Morgan fingerprint density at radius 1 is 1.58 bits per heavy atom. The minimum Gasteiger partial charge on any atom is -0.479 e. The Hall–Kier alpha value is -1.42. The van der Waals surface area contributed by atoms with Gasteiger partial charge < -0.3 is 10.2 Å². The van der Waals surface area contributed by atoms with Gasteiger partial charge in [0.2, 0.25) is 0 Å². The fourth-order valence-corrected chi connectivity index (χ4v) is 0.804. The van der Waals surface area contributed by atoms with Crippen molar-refractivity contribution in [1.29, 1.82) is 0 Å². The van der Waals surface area contributed by atoms with Gasteiger partial charge in [-0.05, 0) is 12.1 Å². The van der Waals surface area contributed by atoms with Crippen LogP contribution in [0.15, 0.2) is 24.4 Å². The van der Waals surface area contributed by atoms with E-state index in [1.165, 1.54) is 0 Å². The van der Waals surface area contributed by atoms with E-state index in [0.717, 1.165) is 0 Å². The molecule has 1 atom stereocenters. The summed E-state index contributed by atoms with van der Waals surface area (Å²) >= 11 is 0. The zero-order valence-corrected chi connectivity index (χ0v) is 6.34. The predicted molar refractivity (Wildman–Crippen MR) is 41.6 cm³/mol. The van der Waals surface area contributed by atoms with E-state index in [0.29, 0.717) is 5.69 Å². The van der Waals surface area contributed by atoms with Crippen molar-refractivity contribution in [1.82, 2.24) is 4.98 Å². The van der Waals surface area contributed by atoms with Crippen LogP contribution < -0.4 is 0 Å². The van der Waals surface area contributed by atoms with Crippen LogP contribution in [-0.2, 0) is 11.2 Å². The van der Waals surface area contributed by atoms with Gasteiger partial charge >= 0.3 is 5.97 Å². The molecule has 0 aliphatic rings. The van der Waals surface area contributed by atoms with Crippen LogP contribution in [0.5, 0.6) is 0 Å². The first-order valence-electron chi connectivity index (χ1n) is 3.51. The summed E-state index contributed by atoms with van der Waals surface area (Å²) in [6.45, 7) is 0. The maximum absolute atomic E-state index is 10.2. The number of rotatable bonds is 3. The van der Waals surface area contributed by atoms with Crippen LogP contribution >= 0.6 is 0 Å². The highest BCUT2D eigenvalue weighted by atomic mass is 16.4. The van der Waals surface area contributed by atoms with Crippen molar-refractivity contribution in [3.63, 3.8) is 0 Å². The fraction of sp³-hybridized carbons (Fsp3) is 0.250. The number of carbonyl (C=O) groups is 1. The third kappa shape index (κ3) is 2.32. The molecule has 0 bridgehead atoms. The molecule has 0 aromatic carbocycles. The lowest BCUT2D eigenvalue weighted by molar-refractivity contribution is -0.146. The lowest BCUT2D eigenvalue weighted by Gasteiger charge is -2.03. The number of nitrogens with zero attached hydrogens (tertiary/aromatic N) is 1. The zero-order valence-electron chi connectivity index (χ0n) is 6.34. The monoisotopic (exact) mass is 167 g/mol. The van der Waals surface area contributed by atoms with Gasteiger partial charge in [-0.25, -0.2) is 4.79 Å². The molecule has 0 spiro atoms. The Bertz CT molecular complexity index is 260. The summed E-state index contributed by atoms with van der Waals surface area (Å²) in [5.41, 5.74) is 0.576. The average molecular weight is 167 g/mol. The van der Waals surface area contributed by atoms with E-state index < -0.39 is 12.1 Å². The minimum absolute atomic E-state index is 0.0518. The second kappa shape index (κ2) is 3.82. The van der Waals surface area contributed by atoms with Crippen LogP contribution in [0, 0.1) is 0 Å². The van der Waals surface area contributed by atoms with Gasteiger partial charge in [0.15, 0.2) is 6.10 Å². The number of aliphatic carboxylic acids is 1. The summed E-state index contributed by atoms with van der Waals surface area (Å²) in [6.07, 6.45) is 0.250. The molecule has 1 aromatic rings. The van der Waals surface area contributed by atoms with Crippen molar-refractivity contribution in [3.05, 3.63) is 30.1 Å². The molecule has 1 aromatic heterocycles. The maximum atomic E-state index is 10.2. The predicted octanol–water partition coefficient (Wildman–Crippen LogP) is 0.0696. The van der Waals surface area contributed by atoms with Crippen molar-refractivity contribution in [2.75, 3.05) is 0 Å². The number of pyridine rings is 1. The standard InChI is InChI=1S/C8H9NO3/c10-7(8(11)12)5-6-3-1-2-4-9-6/h1-4,7,10H,5H2,(H,11,12)/t7-/m1/s1. The number of aromatic nitrogens is 1. The van der Waals surface area contributed by atoms with Crippen molar-refractivity contribution in [3.8, 4) is 0 Å². The molecular formula is C8H9NO3. The van der Waals surface area contributed by atoms with Gasteiger partial charge in [-0.15, -0.1) is 0 Å². The molecule has 0 saturated heterocycles. The molecular weight excluding hydrogens is 158 g/mol. The highest BCUT2D eigenvalue weighted by molar-refractivity contribution is 5.72. The van der Waals surface area contributed by atoms with E-state index in [-0.39, 0.29) is 6.42 Å². The summed E-state index contributed by atoms with van der Waals surface area (Å²) < 4.78 is 0. The lowest BCUT2D eigenvalue weighted by Crippen LogP contribution is -2.22. The number of hydrogen-bond acceptors (Lipinski definition) is 3. The highest BCUT2D eigenvalue weighted by Gasteiger charge is 2.13. The average Bonchev–Trinajstić information content (AvgIpc) is 2.06. The van der Waals surface area contributed by atoms with Crippen LogP contribution in [0.1, 0.15) is 5.69 Å². The largest absolute Gasteiger partial charge is 0.479 e. The molecule has 4 heteroatoms. The van der Waals surface area contributed by atoms with E-state index in [4.69, 9.17) is 10.2 Å². The Balaban J connectivity index is 2.58. The van der Waals surface area contributed by atoms with E-state index in [1.807, 2.05) is 0 Å². The molecule has 0 unspecified atom stereocenters. The van der Waals surface area contributed by atoms with Crippen LogP contribution in [0.25, 0.3) is 0 Å². The summed E-state index contributed by atoms with van der Waals surface area (Å²) in [6, 6.07) is 5.15. The number of carboxylic acids is 1. The number of aliphatic hydroxyl groups is 1. The van der Waals surface area contributed by atoms with Gasteiger partial charge in [0, 0.05) is 18.3 Å². The van der Waals surface area contributed by atoms with Gasteiger partial charge in [-0.3, -0.25) is 4.98 Å². The van der Waals surface area contributed by atoms with E-state index >= 15 is 0 Å². The minimum atomic E-state index is -1.36. The second-order valence-corrected chi connectivity index (χ2v) is 2.38. The van der Waals surface area contributed by atoms with Crippen molar-refractivity contribution < 1.29 is 15.0 Å². The van der Waals surface area contributed by atoms with E-state index in [1.54, 1.807) is 24.4 Å². The smallest absolute Gasteiger partial charge is 0.332 e. The molecule has 12 heavy (non-hydrogen) atoms. The normalized spacial score (nSPS) is 12.4. The van der Waals surface area contributed by atoms with Gasteiger partial charge in [0.1, 0.15) is 0 Å². The van der Waals surface area contributed by atoms with Gasteiger partial charge in [0.25, 0.3) is 0 Å². The van der Waals surface area contributed by atoms with Crippen molar-refractivity contribution >= 4 is 5.97 Å². The number of aliphatic hydroxyl groups excluding tert-OH is 1. The molecule has 4 nitrogen and oxygen atoms in total. The van der Waals surface area contributed by atoms with Gasteiger partial charge in [-0.2, -0.15) is 0 Å². The Morgan fingerprint density at radius 3 is 2.83 bits per heavy atom. The summed E-state index contributed by atoms with van der Waals surface area (Å²) in [4.78, 5) is 14.1. The Morgan fingerprint density at radius 2 is 2.33 bits per heavy atom. The quantitative estimate of drug-likeness (QED) is 0.668. The molecule has 64 valence electrons. The molecule has 0 amide bonds. The lowest BCUT2D eigenvalue weighted by atomic mass is 10.2. The Kier molecular flexibility index (Phi) is 2.76. The number of hydrogen-bond donors (Lipinski definition) is 2. The first-order chi connectivity index (χ1) is 5.70. The molecule has 2 N–H and O–H groups in total. The molecule has 1 heterocycles. The van der Waals surface area contributed by atoms with Crippen LogP contribution in [0.3, 0.4) is 0 Å². The van der Waals surface area contributed by atoms with Crippen molar-refractivity contribution in [2.24, 2.45) is 0 Å². The molecule has 1 rings (SSSR count). The van der Waals surface area contributed by atoms with Crippen LogP contribution in [0.2, 0.25) is 0 Å². The first kappa shape index (κ1) is 8.67. The van der Waals surface area contributed by atoms with Gasteiger partial charge in [-0.1, -0.05) is 6.07 Å².